The molecule has 1 aliphatic heterocycles. The van der Waals surface area contributed by atoms with Gasteiger partial charge in [-0.15, -0.1) is 0 Å². The molecule has 2 unspecified atom stereocenters. The molecule has 5 heteroatoms. The molecule has 0 radical (unpaired) electrons. The molecule has 0 spiro atoms. The lowest BCUT2D eigenvalue weighted by molar-refractivity contribution is 0.0663. The Morgan fingerprint density at radius 3 is 2.33 bits per heavy atom. The van der Waals surface area contributed by atoms with Gasteiger partial charge in [0.2, 0.25) is 0 Å². The predicted molar refractivity (Wildman–Crippen MR) is 105 cm³/mol. The van der Waals surface area contributed by atoms with E-state index in [0.717, 1.165) is 31.6 Å². The molecule has 2 atom stereocenters. The molecule has 2 aromatic rings. The predicted octanol–water partition coefficient (Wildman–Crippen LogP) is 3.41. The maximum atomic E-state index is 13.3. The Balaban J connectivity index is 1.72. The average molecular weight is 364 g/mol. The van der Waals surface area contributed by atoms with E-state index in [1.165, 1.54) is 6.42 Å². The molecule has 1 fully saturated rings. The molecule has 27 heavy (non-hydrogen) atoms. The van der Waals surface area contributed by atoms with Crippen molar-refractivity contribution >= 4 is 17.3 Å². The van der Waals surface area contributed by atoms with Crippen LogP contribution >= 0.6 is 0 Å². The van der Waals surface area contributed by atoms with Crippen molar-refractivity contribution in [2.75, 3.05) is 25.5 Å². The maximum Gasteiger partial charge on any atom is 0.187 e. The Hall–Kier alpha value is -2.66. The summed E-state index contributed by atoms with van der Waals surface area (Å²) in [6.07, 6.45) is 3.30. The highest BCUT2D eigenvalue weighted by atomic mass is 16.5. The number of fused-ring (bicyclic) bond motifs is 1. The standard InChI is InChI=1S/C22H24N2O3/c1-27-16-9-7-8-15(14-16)23-19-20(24-12-5-2-6-13-24)22(26)18-11-4-3-10-17(18)21(19)25/h3-4,7-11,14,19-20,23H,2,5-6,12-13H2,1H3. The second-order valence-electron chi connectivity index (χ2n) is 7.17. The van der Waals surface area contributed by atoms with E-state index < -0.39 is 12.1 Å². The number of rotatable bonds is 4. The van der Waals surface area contributed by atoms with Gasteiger partial charge in [-0.25, -0.2) is 0 Å². The minimum atomic E-state index is -0.599. The van der Waals surface area contributed by atoms with Crippen molar-refractivity contribution in [3.05, 3.63) is 59.7 Å². The van der Waals surface area contributed by atoms with E-state index in [2.05, 4.69) is 10.2 Å². The minimum absolute atomic E-state index is 0.0245. The van der Waals surface area contributed by atoms with Crippen LogP contribution in [0.2, 0.25) is 0 Å². The lowest BCUT2D eigenvalue weighted by atomic mass is 9.81. The number of ketones is 2. The van der Waals surface area contributed by atoms with E-state index >= 15 is 0 Å². The molecular formula is C22H24N2O3. The molecule has 1 saturated heterocycles. The van der Waals surface area contributed by atoms with Crippen molar-refractivity contribution in [3.63, 3.8) is 0 Å². The number of carbonyl (C=O) groups excluding carboxylic acids is 2. The monoisotopic (exact) mass is 364 g/mol. The molecule has 0 amide bonds. The van der Waals surface area contributed by atoms with Gasteiger partial charge in [0.05, 0.1) is 7.11 Å². The largest absolute Gasteiger partial charge is 0.497 e. The summed E-state index contributed by atoms with van der Waals surface area (Å²) in [5.74, 6) is 0.723. The van der Waals surface area contributed by atoms with Crippen molar-refractivity contribution in [1.29, 1.82) is 0 Å². The van der Waals surface area contributed by atoms with E-state index in [4.69, 9.17) is 4.74 Å². The smallest absolute Gasteiger partial charge is 0.187 e. The first kappa shape index (κ1) is 17.7. The third-order valence-corrected chi connectivity index (χ3v) is 5.50. The second-order valence-corrected chi connectivity index (χ2v) is 7.17. The normalized spacial score (nSPS) is 23.0. The Bertz CT molecular complexity index is 858. The van der Waals surface area contributed by atoms with E-state index in [1.807, 2.05) is 36.4 Å². The van der Waals surface area contributed by atoms with Gasteiger partial charge in [0, 0.05) is 22.9 Å². The van der Waals surface area contributed by atoms with Crippen LogP contribution in [0, 0.1) is 0 Å². The minimum Gasteiger partial charge on any atom is -0.497 e. The van der Waals surface area contributed by atoms with Gasteiger partial charge in [0.15, 0.2) is 11.6 Å². The number of nitrogens with one attached hydrogen (secondary N) is 1. The molecule has 5 nitrogen and oxygen atoms in total. The van der Waals surface area contributed by atoms with Gasteiger partial charge >= 0.3 is 0 Å². The fourth-order valence-corrected chi connectivity index (χ4v) is 4.14. The number of nitrogens with zero attached hydrogens (tertiary/aromatic N) is 1. The van der Waals surface area contributed by atoms with Crippen LogP contribution in [-0.2, 0) is 0 Å². The number of likely N-dealkylation sites (tertiary alicyclic amines) is 1. The van der Waals surface area contributed by atoms with Crippen molar-refractivity contribution < 1.29 is 14.3 Å². The summed E-state index contributed by atoms with van der Waals surface area (Å²) < 4.78 is 5.29. The molecule has 1 aliphatic carbocycles. The highest BCUT2D eigenvalue weighted by Crippen LogP contribution is 2.29. The third kappa shape index (κ3) is 3.35. The second kappa shape index (κ2) is 7.53. The zero-order valence-electron chi connectivity index (χ0n) is 15.5. The molecule has 2 aromatic carbocycles. The molecule has 1 heterocycles. The summed E-state index contributed by atoms with van der Waals surface area (Å²) >= 11 is 0. The van der Waals surface area contributed by atoms with Crippen molar-refractivity contribution in [2.45, 2.75) is 31.3 Å². The highest BCUT2D eigenvalue weighted by molar-refractivity contribution is 6.19. The van der Waals surface area contributed by atoms with Gasteiger partial charge in [-0.3, -0.25) is 14.5 Å². The molecule has 140 valence electrons. The van der Waals surface area contributed by atoms with Crippen LogP contribution in [0.5, 0.6) is 5.75 Å². The molecule has 0 saturated carbocycles. The zero-order chi connectivity index (χ0) is 18.8. The summed E-state index contributed by atoms with van der Waals surface area (Å²) in [5, 5.41) is 3.33. The van der Waals surface area contributed by atoms with Gasteiger partial charge in [-0.1, -0.05) is 36.8 Å². The average Bonchev–Trinajstić information content (AvgIpc) is 2.73. The number of anilines is 1. The zero-order valence-corrected chi connectivity index (χ0v) is 15.5. The first-order valence-electron chi connectivity index (χ1n) is 9.51. The number of ether oxygens (including phenoxy) is 1. The lowest BCUT2D eigenvalue weighted by Gasteiger charge is -2.40. The molecule has 2 aliphatic rings. The Kier molecular flexibility index (Phi) is 4.94. The van der Waals surface area contributed by atoms with Crippen LogP contribution in [0.15, 0.2) is 48.5 Å². The van der Waals surface area contributed by atoms with Crippen LogP contribution in [0.1, 0.15) is 40.0 Å². The summed E-state index contributed by atoms with van der Waals surface area (Å²) in [4.78, 5) is 28.8. The summed E-state index contributed by atoms with van der Waals surface area (Å²) in [5.41, 5.74) is 1.83. The molecule has 0 aromatic heterocycles. The quantitative estimate of drug-likeness (QED) is 0.901. The lowest BCUT2D eigenvalue weighted by Crippen LogP contribution is -2.59. The fourth-order valence-electron chi connectivity index (χ4n) is 4.14. The van der Waals surface area contributed by atoms with Gasteiger partial charge < -0.3 is 10.1 Å². The van der Waals surface area contributed by atoms with Crippen molar-refractivity contribution in [3.8, 4) is 5.75 Å². The van der Waals surface area contributed by atoms with E-state index in [9.17, 15) is 9.59 Å². The van der Waals surface area contributed by atoms with Crippen LogP contribution in [0.3, 0.4) is 0 Å². The molecule has 1 N–H and O–H groups in total. The first-order chi connectivity index (χ1) is 13.2. The third-order valence-electron chi connectivity index (χ3n) is 5.50. The summed E-state index contributed by atoms with van der Waals surface area (Å²) in [7, 11) is 1.61. The van der Waals surface area contributed by atoms with Crippen LogP contribution in [-0.4, -0.2) is 48.7 Å². The van der Waals surface area contributed by atoms with Gasteiger partial charge in [-0.2, -0.15) is 0 Å². The van der Waals surface area contributed by atoms with Gasteiger partial charge in [0.25, 0.3) is 0 Å². The topological polar surface area (TPSA) is 58.6 Å². The first-order valence-corrected chi connectivity index (χ1v) is 9.51. The number of benzene rings is 2. The van der Waals surface area contributed by atoms with Crippen molar-refractivity contribution in [1.82, 2.24) is 4.90 Å². The molecule has 0 bridgehead atoms. The summed E-state index contributed by atoms with van der Waals surface area (Å²) in [6.45, 7) is 1.70. The number of Topliss-reactive ketones (excluding diaryl/α,β-unsaturated/α-hetero) is 2. The highest BCUT2D eigenvalue weighted by Gasteiger charge is 2.44. The van der Waals surface area contributed by atoms with Crippen molar-refractivity contribution in [2.24, 2.45) is 0 Å². The van der Waals surface area contributed by atoms with E-state index in [-0.39, 0.29) is 11.6 Å². The number of hydrogen-bond acceptors (Lipinski definition) is 5. The number of hydrogen-bond donors (Lipinski definition) is 1. The van der Waals surface area contributed by atoms with Crippen LogP contribution in [0.25, 0.3) is 0 Å². The number of piperidine rings is 1. The Morgan fingerprint density at radius 2 is 1.63 bits per heavy atom. The maximum absolute atomic E-state index is 13.3. The Morgan fingerprint density at radius 1 is 0.926 bits per heavy atom. The van der Waals surface area contributed by atoms with E-state index in [1.54, 1.807) is 19.2 Å². The van der Waals surface area contributed by atoms with Crippen LogP contribution in [0.4, 0.5) is 5.69 Å². The van der Waals surface area contributed by atoms with Crippen LogP contribution < -0.4 is 10.1 Å². The number of methoxy groups -OCH3 is 1. The van der Waals surface area contributed by atoms with E-state index in [0.29, 0.717) is 16.9 Å². The fraction of sp³-hybridized carbons (Fsp3) is 0.364. The molecular weight excluding hydrogens is 340 g/mol. The van der Waals surface area contributed by atoms with Gasteiger partial charge in [0.1, 0.15) is 17.8 Å². The summed E-state index contributed by atoms with van der Waals surface area (Å²) in [6, 6.07) is 13.6. The molecule has 4 rings (SSSR count). The Labute approximate surface area is 159 Å². The number of carbonyl (C=O) groups is 2. The van der Waals surface area contributed by atoms with Gasteiger partial charge in [-0.05, 0) is 38.1 Å². The SMILES string of the molecule is COc1cccc(NC2C(=O)c3ccccc3C(=O)C2N2CCCCC2)c1.